The molecule has 0 radical (unpaired) electrons. The maximum atomic E-state index is 12.1. The minimum Gasteiger partial charge on any atom is -0.306 e. The van der Waals surface area contributed by atoms with E-state index in [2.05, 4.69) is 9.62 Å². The van der Waals surface area contributed by atoms with Crippen molar-refractivity contribution in [3.8, 4) is 0 Å². The highest BCUT2D eigenvalue weighted by molar-refractivity contribution is 7.90. The first-order valence-corrected chi connectivity index (χ1v) is 8.20. The van der Waals surface area contributed by atoms with Crippen LogP contribution in [-0.4, -0.2) is 38.7 Å². The molecule has 1 N–H and O–H groups in total. The number of sulfonamides is 1. The van der Waals surface area contributed by atoms with Crippen molar-refractivity contribution in [2.45, 2.75) is 24.6 Å². The van der Waals surface area contributed by atoms with Crippen LogP contribution in [0.1, 0.15) is 17.7 Å². The highest BCUT2D eigenvalue weighted by Gasteiger charge is 2.28. The van der Waals surface area contributed by atoms with Crippen molar-refractivity contribution in [3.63, 3.8) is 0 Å². The van der Waals surface area contributed by atoms with Crippen LogP contribution in [0.15, 0.2) is 17.5 Å². The molecule has 17 heavy (non-hydrogen) atoms. The molecule has 0 atom stereocenters. The van der Waals surface area contributed by atoms with Crippen molar-refractivity contribution >= 4 is 21.4 Å². The van der Waals surface area contributed by atoms with Gasteiger partial charge in [0.25, 0.3) is 0 Å². The van der Waals surface area contributed by atoms with Gasteiger partial charge in [-0.3, -0.25) is 0 Å². The number of nitrogens with one attached hydrogen (secondary N) is 1. The van der Waals surface area contributed by atoms with E-state index < -0.39 is 10.0 Å². The van der Waals surface area contributed by atoms with Gasteiger partial charge in [-0.1, -0.05) is 6.07 Å². The minimum absolute atomic E-state index is 0.223. The predicted molar refractivity (Wildman–Crippen MR) is 70.6 cm³/mol. The zero-order valence-electron chi connectivity index (χ0n) is 9.93. The smallest absolute Gasteiger partial charge is 0.214 e. The van der Waals surface area contributed by atoms with Gasteiger partial charge in [-0.15, -0.1) is 11.3 Å². The minimum atomic E-state index is -3.15. The van der Waals surface area contributed by atoms with Crippen LogP contribution in [0.5, 0.6) is 0 Å². The molecule has 0 amide bonds. The SMILES string of the molecule is CN1CCC(S(=O)(=O)NCc2cccs2)CC1. The van der Waals surface area contributed by atoms with E-state index in [4.69, 9.17) is 0 Å². The predicted octanol–water partition coefficient (Wildman–Crippen LogP) is 1.26. The number of hydrogen-bond donors (Lipinski definition) is 1. The molecular formula is C11H18N2O2S2. The van der Waals surface area contributed by atoms with Gasteiger partial charge in [-0.05, 0) is 44.4 Å². The molecule has 4 nitrogen and oxygen atoms in total. The average molecular weight is 274 g/mol. The summed E-state index contributed by atoms with van der Waals surface area (Å²) in [4.78, 5) is 3.23. The van der Waals surface area contributed by atoms with E-state index in [1.54, 1.807) is 11.3 Å². The molecule has 1 aromatic heterocycles. The second-order valence-electron chi connectivity index (χ2n) is 4.45. The van der Waals surface area contributed by atoms with E-state index in [9.17, 15) is 8.42 Å². The Morgan fingerprint density at radius 2 is 2.18 bits per heavy atom. The van der Waals surface area contributed by atoms with Gasteiger partial charge in [0.05, 0.1) is 5.25 Å². The van der Waals surface area contributed by atoms with Gasteiger partial charge in [0.1, 0.15) is 0 Å². The second-order valence-corrected chi connectivity index (χ2v) is 7.53. The van der Waals surface area contributed by atoms with Crippen molar-refractivity contribution in [2.75, 3.05) is 20.1 Å². The molecule has 2 heterocycles. The third-order valence-corrected chi connectivity index (χ3v) is 5.90. The van der Waals surface area contributed by atoms with Gasteiger partial charge in [0.2, 0.25) is 10.0 Å². The summed E-state index contributed by atoms with van der Waals surface area (Å²) in [6.07, 6.45) is 1.46. The maximum Gasteiger partial charge on any atom is 0.214 e. The van der Waals surface area contributed by atoms with Gasteiger partial charge in [-0.25, -0.2) is 13.1 Å². The third-order valence-electron chi connectivity index (χ3n) is 3.13. The van der Waals surface area contributed by atoms with Crippen LogP contribution in [0.2, 0.25) is 0 Å². The van der Waals surface area contributed by atoms with E-state index in [0.29, 0.717) is 6.54 Å². The Bertz CT molecular complexity index is 434. The number of nitrogens with zero attached hydrogens (tertiary/aromatic N) is 1. The molecule has 96 valence electrons. The molecule has 1 aliphatic heterocycles. The number of hydrogen-bond acceptors (Lipinski definition) is 4. The normalized spacial score (nSPS) is 19.6. The number of piperidine rings is 1. The molecule has 1 aromatic rings. The first kappa shape index (κ1) is 13.0. The highest BCUT2D eigenvalue weighted by atomic mass is 32.2. The van der Waals surface area contributed by atoms with E-state index >= 15 is 0 Å². The summed E-state index contributed by atoms with van der Waals surface area (Å²) in [6, 6.07) is 3.88. The quantitative estimate of drug-likeness (QED) is 0.899. The molecule has 1 saturated heterocycles. The Hall–Kier alpha value is -0.430. The zero-order chi connectivity index (χ0) is 12.3. The Labute approximate surface area is 107 Å². The molecule has 0 unspecified atom stereocenters. The van der Waals surface area contributed by atoms with Gasteiger partial charge < -0.3 is 4.90 Å². The highest BCUT2D eigenvalue weighted by Crippen LogP contribution is 2.17. The summed E-state index contributed by atoms with van der Waals surface area (Å²) >= 11 is 1.58. The van der Waals surface area contributed by atoms with Crippen molar-refractivity contribution in [2.24, 2.45) is 0 Å². The molecule has 0 spiro atoms. The summed E-state index contributed by atoms with van der Waals surface area (Å²) < 4.78 is 26.8. The van der Waals surface area contributed by atoms with Crippen molar-refractivity contribution in [3.05, 3.63) is 22.4 Å². The molecule has 1 fully saturated rings. The van der Waals surface area contributed by atoms with E-state index in [1.807, 2.05) is 24.6 Å². The van der Waals surface area contributed by atoms with E-state index in [0.717, 1.165) is 30.8 Å². The van der Waals surface area contributed by atoms with E-state index in [1.165, 1.54) is 0 Å². The third kappa shape index (κ3) is 3.51. The first-order valence-electron chi connectivity index (χ1n) is 5.77. The molecule has 0 bridgehead atoms. The lowest BCUT2D eigenvalue weighted by Gasteiger charge is -2.28. The fraction of sp³-hybridized carbons (Fsp3) is 0.636. The monoisotopic (exact) mass is 274 g/mol. The zero-order valence-corrected chi connectivity index (χ0v) is 11.6. The second kappa shape index (κ2) is 5.48. The maximum absolute atomic E-state index is 12.1. The largest absolute Gasteiger partial charge is 0.306 e. The van der Waals surface area contributed by atoms with Crippen LogP contribution in [-0.2, 0) is 16.6 Å². The summed E-state index contributed by atoms with van der Waals surface area (Å²) in [5.41, 5.74) is 0. The summed E-state index contributed by atoms with van der Waals surface area (Å²) in [5, 5.41) is 1.73. The van der Waals surface area contributed by atoms with Crippen LogP contribution >= 0.6 is 11.3 Å². The van der Waals surface area contributed by atoms with Crippen LogP contribution in [0.25, 0.3) is 0 Å². The standard InChI is InChI=1S/C11H18N2O2S2/c1-13-6-4-11(5-7-13)17(14,15)12-9-10-3-2-8-16-10/h2-3,8,11-12H,4-7,9H2,1H3. The number of thiophene rings is 1. The molecular weight excluding hydrogens is 256 g/mol. The van der Waals surface area contributed by atoms with Crippen molar-refractivity contribution in [1.29, 1.82) is 0 Å². The molecule has 2 rings (SSSR count). The first-order chi connectivity index (χ1) is 8.08. The summed E-state index contributed by atoms with van der Waals surface area (Å²) in [6.45, 7) is 2.15. The lowest BCUT2D eigenvalue weighted by molar-refractivity contribution is 0.277. The average Bonchev–Trinajstić information content (AvgIpc) is 2.80. The van der Waals surface area contributed by atoms with Gasteiger partial charge in [0.15, 0.2) is 0 Å². The Kier molecular flexibility index (Phi) is 4.19. The van der Waals surface area contributed by atoms with Crippen molar-refractivity contribution in [1.82, 2.24) is 9.62 Å². The van der Waals surface area contributed by atoms with Crippen LogP contribution in [0.3, 0.4) is 0 Å². The van der Waals surface area contributed by atoms with Crippen LogP contribution < -0.4 is 4.72 Å². The summed E-state index contributed by atoms with van der Waals surface area (Å²) in [7, 11) is -1.12. The number of likely N-dealkylation sites (tertiary alicyclic amines) is 1. The number of rotatable bonds is 4. The van der Waals surface area contributed by atoms with Crippen LogP contribution in [0, 0.1) is 0 Å². The van der Waals surface area contributed by atoms with Gasteiger partial charge in [-0.2, -0.15) is 0 Å². The fourth-order valence-corrected chi connectivity index (χ4v) is 4.16. The molecule has 6 heteroatoms. The Morgan fingerprint density at radius 3 is 2.76 bits per heavy atom. The lowest BCUT2D eigenvalue weighted by atomic mass is 10.1. The fourth-order valence-electron chi connectivity index (χ4n) is 2.00. The molecule has 0 aliphatic carbocycles. The molecule has 0 saturated carbocycles. The molecule has 1 aliphatic rings. The van der Waals surface area contributed by atoms with Gasteiger partial charge in [0, 0.05) is 11.4 Å². The summed E-state index contributed by atoms with van der Waals surface area (Å²) in [5.74, 6) is 0. The Balaban J connectivity index is 1.90. The van der Waals surface area contributed by atoms with E-state index in [-0.39, 0.29) is 5.25 Å². The Morgan fingerprint density at radius 1 is 1.47 bits per heavy atom. The molecule has 0 aromatic carbocycles. The van der Waals surface area contributed by atoms with Crippen molar-refractivity contribution < 1.29 is 8.42 Å². The lowest BCUT2D eigenvalue weighted by Crippen LogP contribution is -2.41. The topological polar surface area (TPSA) is 49.4 Å². The van der Waals surface area contributed by atoms with Crippen LogP contribution in [0.4, 0.5) is 0 Å². The van der Waals surface area contributed by atoms with Gasteiger partial charge >= 0.3 is 0 Å².